The fourth-order valence-corrected chi connectivity index (χ4v) is 10.4. The molecule has 5 saturated heterocycles. The maximum atomic E-state index is 14.2. The summed E-state index contributed by atoms with van der Waals surface area (Å²) in [6, 6.07) is -0.115. The third kappa shape index (κ3) is 8.71. The molecule has 0 aromatic carbocycles. The Labute approximate surface area is 312 Å². The van der Waals surface area contributed by atoms with Gasteiger partial charge in [0.2, 0.25) is 0 Å². The number of cyclic esters (lactones) is 1. The van der Waals surface area contributed by atoms with Gasteiger partial charge < -0.3 is 48.5 Å². The van der Waals surface area contributed by atoms with Crippen LogP contribution in [0.3, 0.4) is 0 Å². The van der Waals surface area contributed by atoms with Crippen molar-refractivity contribution < 1.29 is 53.3 Å². The lowest BCUT2D eigenvalue weighted by molar-refractivity contribution is -0.312. The molecule has 0 amide bonds. The molecular formula is C40H71NO11. The summed E-state index contributed by atoms with van der Waals surface area (Å²) in [7, 11) is 1.69. The Morgan fingerprint density at radius 3 is 2.19 bits per heavy atom. The summed E-state index contributed by atoms with van der Waals surface area (Å²) in [4.78, 5) is 16.6. The van der Waals surface area contributed by atoms with Gasteiger partial charge in [-0.3, -0.25) is 9.69 Å². The number of esters is 1. The van der Waals surface area contributed by atoms with Gasteiger partial charge in [-0.25, -0.2) is 0 Å². The fraction of sp³-hybridized carbons (Fsp3) is 0.975. The highest BCUT2D eigenvalue weighted by molar-refractivity contribution is 5.73. The molecule has 5 fully saturated rings. The van der Waals surface area contributed by atoms with E-state index in [0.29, 0.717) is 32.1 Å². The summed E-state index contributed by atoms with van der Waals surface area (Å²) < 4.78 is 45.8. The van der Waals surface area contributed by atoms with Crippen molar-refractivity contribution in [1.29, 1.82) is 0 Å². The highest BCUT2D eigenvalue weighted by Gasteiger charge is 2.58. The largest absolute Gasteiger partial charge is 0.459 e. The van der Waals surface area contributed by atoms with E-state index >= 15 is 0 Å². The fourth-order valence-electron chi connectivity index (χ4n) is 10.4. The smallest absolute Gasteiger partial charge is 0.311 e. The third-order valence-corrected chi connectivity index (χ3v) is 13.3. The molecule has 2 bridgehead atoms. The van der Waals surface area contributed by atoms with Crippen LogP contribution >= 0.6 is 0 Å². The van der Waals surface area contributed by atoms with Crippen molar-refractivity contribution in [3.63, 3.8) is 0 Å². The molecule has 0 aliphatic carbocycles. The second kappa shape index (κ2) is 16.7. The van der Waals surface area contributed by atoms with Gasteiger partial charge in [-0.1, -0.05) is 34.1 Å². The molecule has 3 N–H and O–H groups in total. The number of carbonyl (C=O) groups is 1. The molecule has 5 heterocycles. The van der Waals surface area contributed by atoms with Crippen LogP contribution in [0.25, 0.3) is 0 Å². The first kappa shape index (κ1) is 42.2. The molecule has 5 rings (SSSR count). The Bertz CT molecular complexity index is 1180. The van der Waals surface area contributed by atoms with E-state index in [1.165, 1.54) is 13.3 Å². The Balaban J connectivity index is 1.57. The van der Waals surface area contributed by atoms with Crippen LogP contribution in [-0.2, 0) is 38.0 Å². The van der Waals surface area contributed by atoms with Gasteiger partial charge in [0.15, 0.2) is 12.6 Å². The van der Waals surface area contributed by atoms with Crippen molar-refractivity contribution in [2.75, 3.05) is 20.2 Å². The van der Waals surface area contributed by atoms with Gasteiger partial charge >= 0.3 is 5.97 Å². The summed E-state index contributed by atoms with van der Waals surface area (Å²) in [5.41, 5.74) is -3.19. The zero-order valence-electron chi connectivity index (χ0n) is 33.8. The first-order valence-corrected chi connectivity index (χ1v) is 20.2. The van der Waals surface area contributed by atoms with E-state index in [1.807, 2.05) is 48.5 Å². The number of ether oxygens (including phenoxy) is 7. The number of aliphatic hydroxyl groups is 3. The van der Waals surface area contributed by atoms with Crippen molar-refractivity contribution >= 4 is 5.97 Å². The van der Waals surface area contributed by atoms with E-state index in [4.69, 9.17) is 33.2 Å². The number of likely N-dealkylation sites (tertiary alicyclic amines) is 1. The van der Waals surface area contributed by atoms with Crippen molar-refractivity contribution in [2.24, 2.45) is 23.7 Å². The Kier molecular flexibility index (Phi) is 13.5. The SMILES string of the molecule is CC[C@@H]1OC(=O)[C@H](C)[C@@H](O[C@H]2C[C@@](C)(OC)C[C@H](C)O2)[C@H](C)[C@@H](O[C@@H]2O[C@H](C)C[C@H](N3CCCCC3)[C@H]2O)[C@@]2(C)C[C@@H](C)[C@@H](O2)[C@@H](C)[C@@H](O)[C@]1(C)O. The molecule has 12 nitrogen and oxygen atoms in total. The Hall–Kier alpha value is -0.930. The van der Waals surface area contributed by atoms with Crippen molar-refractivity contribution in [2.45, 2.75) is 205 Å². The zero-order chi connectivity index (χ0) is 38.3. The Morgan fingerprint density at radius 1 is 0.885 bits per heavy atom. The maximum absolute atomic E-state index is 14.2. The van der Waals surface area contributed by atoms with Crippen LogP contribution < -0.4 is 0 Å². The minimum atomic E-state index is -1.75. The summed E-state index contributed by atoms with van der Waals surface area (Å²) in [6.07, 6.45) is -0.954. The molecule has 5 aliphatic rings. The molecular weight excluding hydrogens is 670 g/mol. The minimum Gasteiger partial charge on any atom is -0.459 e. The van der Waals surface area contributed by atoms with E-state index in [2.05, 4.69) is 11.8 Å². The van der Waals surface area contributed by atoms with E-state index < -0.39 is 89.7 Å². The number of hydrogen-bond acceptors (Lipinski definition) is 12. The van der Waals surface area contributed by atoms with Crippen molar-refractivity contribution in [3.05, 3.63) is 0 Å². The maximum Gasteiger partial charge on any atom is 0.311 e. The van der Waals surface area contributed by atoms with Gasteiger partial charge in [0.1, 0.15) is 17.8 Å². The summed E-state index contributed by atoms with van der Waals surface area (Å²) in [5.74, 6) is -2.43. The monoisotopic (exact) mass is 742 g/mol. The van der Waals surface area contributed by atoms with Crippen LogP contribution in [0.15, 0.2) is 0 Å². The number of aliphatic hydroxyl groups excluding tert-OH is 2. The van der Waals surface area contributed by atoms with E-state index in [-0.39, 0.29) is 24.2 Å². The second-order valence-corrected chi connectivity index (χ2v) is 17.9. The predicted molar refractivity (Wildman–Crippen MR) is 194 cm³/mol. The molecule has 12 heteroatoms. The van der Waals surface area contributed by atoms with Gasteiger partial charge in [0.25, 0.3) is 0 Å². The molecule has 5 aliphatic heterocycles. The molecule has 0 saturated carbocycles. The van der Waals surface area contributed by atoms with E-state index in [1.54, 1.807) is 14.0 Å². The number of rotatable bonds is 7. The summed E-state index contributed by atoms with van der Waals surface area (Å²) >= 11 is 0. The molecule has 0 radical (unpaired) electrons. The molecule has 0 spiro atoms. The summed E-state index contributed by atoms with van der Waals surface area (Å²) in [5, 5.41) is 35.5. The molecule has 302 valence electrons. The number of nitrogens with zero attached hydrogens (tertiary/aromatic N) is 1. The number of methoxy groups -OCH3 is 1. The Morgan fingerprint density at radius 2 is 1.56 bits per heavy atom. The highest BCUT2D eigenvalue weighted by atomic mass is 16.7. The standard InChI is InChI=1S/C40H71NO11/c1-12-29-40(10,45)34(43)25(5)32-22(2)19-39(9,52-32)35(51-37-31(42)28(18-23(3)48-37)41-16-14-13-15-17-41)26(6)33(27(7)36(44)49-29)50-30-21-38(8,46-11)20-24(4)47-30/h22-35,37,42-43,45H,12-21H2,1-11H3/t22-,23-,24+,25-,26+,27-,28+,29+,30+,31-,32-,33+,34-,35-,37+,38+,39-,40-/m1/s1. The molecule has 0 unspecified atom stereocenters. The summed E-state index contributed by atoms with van der Waals surface area (Å²) in [6.45, 7) is 21.0. The number of hydrogen-bond donors (Lipinski definition) is 3. The lowest BCUT2D eigenvalue weighted by Gasteiger charge is -2.49. The first-order chi connectivity index (χ1) is 24.3. The minimum absolute atomic E-state index is 0.0201. The highest BCUT2D eigenvalue weighted by Crippen LogP contribution is 2.48. The van der Waals surface area contributed by atoms with Gasteiger partial charge in [0, 0.05) is 37.8 Å². The average molecular weight is 742 g/mol. The van der Waals surface area contributed by atoms with E-state index in [9.17, 15) is 20.1 Å². The van der Waals surface area contributed by atoms with Crippen molar-refractivity contribution in [3.8, 4) is 0 Å². The van der Waals surface area contributed by atoms with Gasteiger partial charge in [-0.2, -0.15) is 0 Å². The van der Waals surface area contributed by atoms with Gasteiger partial charge in [-0.05, 0) is 92.7 Å². The van der Waals surface area contributed by atoms with E-state index in [0.717, 1.165) is 25.9 Å². The molecule has 0 aromatic rings. The van der Waals surface area contributed by atoms with Crippen LogP contribution in [0.2, 0.25) is 0 Å². The quantitative estimate of drug-likeness (QED) is 0.314. The first-order valence-electron chi connectivity index (χ1n) is 20.2. The molecule has 18 atom stereocenters. The van der Waals surface area contributed by atoms with Crippen LogP contribution in [0.4, 0.5) is 0 Å². The molecule has 52 heavy (non-hydrogen) atoms. The van der Waals surface area contributed by atoms with Crippen LogP contribution in [0, 0.1) is 23.7 Å². The second-order valence-electron chi connectivity index (χ2n) is 17.9. The lowest BCUT2D eigenvalue weighted by atomic mass is 9.76. The topological polar surface area (TPSA) is 146 Å². The number of piperidine rings is 1. The van der Waals surface area contributed by atoms with Crippen molar-refractivity contribution in [1.82, 2.24) is 4.90 Å². The number of carbonyl (C=O) groups excluding carboxylic acids is 1. The third-order valence-electron chi connectivity index (χ3n) is 13.3. The zero-order valence-corrected chi connectivity index (χ0v) is 33.8. The lowest BCUT2D eigenvalue weighted by Crippen LogP contribution is -2.60. The van der Waals surface area contributed by atoms with Crippen LogP contribution in [0.1, 0.15) is 121 Å². The predicted octanol–water partition coefficient (Wildman–Crippen LogP) is 4.58. The number of fused-ring (bicyclic) bond motifs is 2. The average Bonchev–Trinajstić information content (AvgIpc) is 3.41. The van der Waals surface area contributed by atoms with Crippen LogP contribution in [0.5, 0.6) is 0 Å². The van der Waals surface area contributed by atoms with Gasteiger partial charge in [0.05, 0.1) is 53.7 Å². The normalized spacial score (nSPS) is 51.6. The molecule has 0 aromatic heterocycles. The van der Waals surface area contributed by atoms with Gasteiger partial charge in [-0.15, -0.1) is 0 Å². The van der Waals surface area contributed by atoms with Crippen LogP contribution in [-0.4, -0.2) is 131 Å².